The molecule has 2 rings (SSSR count). The maximum Gasteiger partial charge on any atom is 0.310 e. The Hall–Kier alpha value is -1.51. The van der Waals surface area contributed by atoms with Crippen LogP contribution in [0.15, 0.2) is 18.2 Å². The second-order valence-corrected chi connectivity index (χ2v) is 2.87. The molecule has 0 saturated heterocycles. The number of anilines is 1. The zero-order chi connectivity index (χ0) is 8.55. The SMILES string of the molecule is Nc1ccc2c(c1)CC(=O)OC2. The van der Waals surface area contributed by atoms with Gasteiger partial charge in [-0.05, 0) is 23.3 Å². The highest BCUT2D eigenvalue weighted by molar-refractivity contribution is 5.75. The van der Waals surface area contributed by atoms with Crippen molar-refractivity contribution in [3.8, 4) is 0 Å². The predicted molar refractivity (Wildman–Crippen MR) is 44.4 cm³/mol. The second-order valence-electron chi connectivity index (χ2n) is 2.87. The van der Waals surface area contributed by atoms with Crippen LogP contribution < -0.4 is 5.73 Å². The number of carbonyl (C=O) groups excluding carboxylic acids is 1. The zero-order valence-electron chi connectivity index (χ0n) is 6.54. The van der Waals surface area contributed by atoms with Gasteiger partial charge in [0, 0.05) is 5.69 Å². The summed E-state index contributed by atoms with van der Waals surface area (Å²) in [5, 5.41) is 0. The molecule has 0 saturated carbocycles. The highest BCUT2D eigenvalue weighted by atomic mass is 16.5. The zero-order valence-corrected chi connectivity index (χ0v) is 6.54. The van der Waals surface area contributed by atoms with Gasteiger partial charge in [0.2, 0.25) is 0 Å². The fourth-order valence-corrected chi connectivity index (χ4v) is 1.32. The van der Waals surface area contributed by atoms with Crippen LogP contribution in [0, 0.1) is 0 Å². The fourth-order valence-electron chi connectivity index (χ4n) is 1.32. The largest absolute Gasteiger partial charge is 0.461 e. The van der Waals surface area contributed by atoms with Crippen LogP contribution in [-0.2, 0) is 22.6 Å². The molecule has 0 aliphatic carbocycles. The lowest BCUT2D eigenvalue weighted by molar-refractivity contribution is -0.145. The summed E-state index contributed by atoms with van der Waals surface area (Å²) in [4.78, 5) is 10.9. The van der Waals surface area contributed by atoms with E-state index in [2.05, 4.69) is 0 Å². The van der Waals surface area contributed by atoms with E-state index in [4.69, 9.17) is 10.5 Å². The van der Waals surface area contributed by atoms with Crippen molar-refractivity contribution in [1.29, 1.82) is 0 Å². The van der Waals surface area contributed by atoms with E-state index in [0.717, 1.165) is 11.1 Å². The number of ether oxygens (including phenoxy) is 1. The van der Waals surface area contributed by atoms with Gasteiger partial charge < -0.3 is 10.5 Å². The Balaban J connectivity index is 2.44. The van der Waals surface area contributed by atoms with E-state index >= 15 is 0 Å². The van der Waals surface area contributed by atoms with Crippen molar-refractivity contribution >= 4 is 11.7 Å². The number of nitrogen functional groups attached to an aromatic ring is 1. The Bertz CT molecular complexity index is 333. The van der Waals surface area contributed by atoms with Crippen molar-refractivity contribution in [3.05, 3.63) is 29.3 Å². The highest BCUT2D eigenvalue weighted by Crippen LogP contribution is 2.19. The van der Waals surface area contributed by atoms with Crippen molar-refractivity contribution in [1.82, 2.24) is 0 Å². The van der Waals surface area contributed by atoms with Gasteiger partial charge in [-0.2, -0.15) is 0 Å². The summed E-state index contributed by atoms with van der Waals surface area (Å²) in [5.41, 5.74) is 8.32. The molecule has 3 heteroatoms. The molecule has 0 fully saturated rings. The van der Waals surface area contributed by atoms with E-state index in [9.17, 15) is 4.79 Å². The summed E-state index contributed by atoms with van der Waals surface area (Å²) >= 11 is 0. The monoisotopic (exact) mass is 163 g/mol. The maximum absolute atomic E-state index is 10.9. The fraction of sp³-hybridized carbons (Fsp3) is 0.222. The van der Waals surface area contributed by atoms with Crippen molar-refractivity contribution in [2.24, 2.45) is 0 Å². The highest BCUT2D eigenvalue weighted by Gasteiger charge is 2.15. The van der Waals surface area contributed by atoms with E-state index in [1.165, 1.54) is 0 Å². The summed E-state index contributed by atoms with van der Waals surface area (Å²) in [6.07, 6.45) is 0.348. The molecule has 2 N–H and O–H groups in total. The molecule has 1 aromatic rings. The van der Waals surface area contributed by atoms with Gasteiger partial charge in [0.25, 0.3) is 0 Å². The number of fused-ring (bicyclic) bond motifs is 1. The number of benzene rings is 1. The number of nitrogens with two attached hydrogens (primary N) is 1. The third kappa shape index (κ3) is 1.13. The molecule has 1 aromatic carbocycles. The molecular formula is C9H9NO2. The molecule has 0 aromatic heterocycles. The molecular weight excluding hydrogens is 154 g/mol. The molecule has 12 heavy (non-hydrogen) atoms. The number of carbonyl (C=O) groups is 1. The van der Waals surface area contributed by atoms with Gasteiger partial charge in [0.1, 0.15) is 6.61 Å². The minimum Gasteiger partial charge on any atom is -0.461 e. The number of hydrogen-bond donors (Lipinski definition) is 1. The number of cyclic esters (lactones) is 1. The molecule has 62 valence electrons. The molecule has 0 bridgehead atoms. The molecule has 0 atom stereocenters. The summed E-state index contributed by atoms with van der Waals surface area (Å²) in [7, 11) is 0. The van der Waals surface area contributed by atoms with Gasteiger partial charge in [-0.1, -0.05) is 6.07 Å². The molecule has 1 aliphatic heterocycles. The van der Waals surface area contributed by atoms with Crippen LogP contribution in [-0.4, -0.2) is 5.97 Å². The van der Waals surface area contributed by atoms with E-state index in [0.29, 0.717) is 18.7 Å². The Labute approximate surface area is 70.1 Å². The number of rotatable bonds is 0. The van der Waals surface area contributed by atoms with Gasteiger partial charge in [0.15, 0.2) is 0 Å². The smallest absolute Gasteiger partial charge is 0.310 e. The minimum atomic E-state index is -0.173. The first-order valence-corrected chi connectivity index (χ1v) is 3.78. The Morgan fingerprint density at radius 2 is 2.17 bits per heavy atom. The van der Waals surface area contributed by atoms with E-state index in [1.54, 1.807) is 0 Å². The van der Waals surface area contributed by atoms with Crippen LogP contribution in [0.2, 0.25) is 0 Å². The molecule has 0 unspecified atom stereocenters. The lowest BCUT2D eigenvalue weighted by Gasteiger charge is -2.15. The Kier molecular flexibility index (Phi) is 1.50. The van der Waals surface area contributed by atoms with Crippen molar-refractivity contribution in [2.45, 2.75) is 13.0 Å². The number of esters is 1. The first-order chi connectivity index (χ1) is 5.75. The molecule has 0 spiro atoms. The molecule has 1 aliphatic rings. The maximum atomic E-state index is 10.9. The van der Waals surface area contributed by atoms with Crippen molar-refractivity contribution in [2.75, 3.05) is 5.73 Å². The number of hydrogen-bond acceptors (Lipinski definition) is 3. The predicted octanol–water partition coefficient (Wildman–Crippen LogP) is 0.868. The summed E-state index contributed by atoms with van der Waals surface area (Å²) in [6, 6.07) is 5.55. The lowest BCUT2D eigenvalue weighted by atomic mass is 10.0. The van der Waals surface area contributed by atoms with Gasteiger partial charge in [0.05, 0.1) is 6.42 Å². The molecule has 3 nitrogen and oxygen atoms in total. The summed E-state index contributed by atoms with van der Waals surface area (Å²) in [5.74, 6) is -0.173. The summed E-state index contributed by atoms with van der Waals surface area (Å²) < 4.78 is 4.86. The average molecular weight is 163 g/mol. The van der Waals surface area contributed by atoms with Crippen LogP contribution in [0.25, 0.3) is 0 Å². The van der Waals surface area contributed by atoms with E-state index in [-0.39, 0.29) is 5.97 Å². The van der Waals surface area contributed by atoms with Gasteiger partial charge in [-0.3, -0.25) is 4.79 Å². The van der Waals surface area contributed by atoms with Gasteiger partial charge in [-0.25, -0.2) is 0 Å². The third-order valence-electron chi connectivity index (χ3n) is 1.95. The average Bonchev–Trinajstić information content (AvgIpc) is 2.03. The van der Waals surface area contributed by atoms with E-state index in [1.807, 2.05) is 18.2 Å². The first-order valence-electron chi connectivity index (χ1n) is 3.78. The van der Waals surface area contributed by atoms with Crippen LogP contribution in [0.1, 0.15) is 11.1 Å². The third-order valence-corrected chi connectivity index (χ3v) is 1.95. The standard InChI is InChI=1S/C9H9NO2/c10-8-2-1-6-5-12-9(11)4-7(6)3-8/h1-3H,4-5,10H2. The summed E-state index contributed by atoms with van der Waals surface area (Å²) in [6.45, 7) is 0.383. The van der Waals surface area contributed by atoms with Crippen LogP contribution in [0.4, 0.5) is 5.69 Å². The molecule has 0 radical (unpaired) electrons. The Morgan fingerprint density at radius 1 is 1.33 bits per heavy atom. The van der Waals surface area contributed by atoms with Crippen molar-refractivity contribution in [3.63, 3.8) is 0 Å². The topological polar surface area (TPSA) is 52.3 Å². The molecule has 0 amide bonds. The first kappa shape index (κ1) is 7.16. The van der Waals surface area contributed by atoms with Crippen LogP contribution >= 0.6 is 0 Å². The van der Waals surface area contributed by atoms with Crippen molar-refractivity contribution < 1.29 is 9.53 Å². The minimum absolute atomic E-state index is 0.173. The van der Waals surface area contributed by atoms with Crippen LogP contribution in [0.3, 0.4) is 0 Å². The Morgan fingerprint density at radius 3 is 3.00 bits per heavy atom. The van der Waals surface area contributed by atoms with E-state index < -0.39 is 0 Å². The van der Waals surface area contributed by atoms with Gasteiger partial charge in [-0.15, -0.1) is 0 Å². The lowest BCUT2D eigenvalue weighted by Crippen LogP contribution is -2.16. The normalized spacial score (nSPS) is 15.2. The quantitative estimate of drug-likeness (QED) is 0.456. The van der Waals surface area contributed by atoms with Crippen LogP contribution in [0.5, 0.6) is 0 Å². The molecule has 1 heterocycles. The van der Waals surface area contributed by atoms with Gasteiger partial charge >= 0.3 is 5.97 Å². The second kappa shape index (κ2) is 2.52.